The van der Waals surface area contributed by atoms with Gasteiger partial charge in [-0.3, -0.25) is 0 Å². The third-order valence-electron chi connectivity index (χ3n) is 4.47. The lowest BCUT2D eigenvalue weighted by Gasteiger charge is -2.30. The number of rotatable bonds is 3. The maximum atomic E-state index is 4.51. The van der Waals surface area contributed by atoms with E-state index in [1.807, 2.05) is 19.3 Å². The van der Waals surface area contributed by atoms with Crippen molar-refractivity contribution in [1.82, 2.24) is 15.3 Å². The Labute approximate surface area is 115 Å². The fraction of sp³-hybridized carbons (Fsp3) is 0.733. The van der Waals surface area contributed by atoms with Crippen molar-refractivity contribution in [3.05, 3.63) is 18.0 Å². The van der Waals surface area contributed by atoms with Crippen molar-refractivity contribution in [3.63, 3.8) is 0 Å². The molecule has 3 rings (SSSR count). The van der Waals surface area contributed by atoms with Crippen LogP contribution in [-0.2, 0) is 0 Å². The summed E-state index contributed by atoms with van der Waals surface area (Å²) < 4.78 is 0. The van der Waals surface area contributed by atoms with Crippen LogP contribution in [0.2, 0.25) is 0 Å². The van der Waals surface area contributed by atoms with Crippen LogP contribution < -0.4 is 10.2 Å². The van der Waals surface area contributed by atoms with Crippen molar-refractivity contribution < 1.29 is 0 Å². The monoisotopic (exact) mass is 260 g/mol. The van der Waals surface area contributed by atoms with E-state index in [-0.39, 0.29) is 0 Å². The first kappa shape index (κ1) is 12.9. The summed E-state index contributed by atoms with van der Waals surface area (Å²) in [6, 6.07) is 0.658. The lowest BCUT2D eigenvalue weighted by Crippen LogP contribution is -2.35. The second-order valence-corrected chi connectivity index (χ2v) is 5.98. The van der Waals surface area contributed by atoms with Crippen LogP contribution >= 0.6 is 0 Å². The molecule has 104 valence electrons. The Morgan fingerprint density at radius 3 is 2.68 bits per heavy atom. The van der Waals surface area contributed by atoms with E-state index in [1.54, 1.807) is 0 Å². The second-order valence-electron chi connectivity index (χ2n) is 5.98. The van der Waals surface area contributed by atoms with E-state index in [0.29, 0.717) is 6.04 Å². The molecule has 1 aromatic rings. The van der Waals surface area contributed by atoms with Gasteiger partial charge in [-0.1, -0.05) is 0 Å². The van der Waals surface area contributed by atoms with Gasteiger partial charge < -0.3 is 10.2 Å². The fourth-order valence-corrected chi connectivity index (χ4v) is 3.38. The van der Waals surface area contributed by atoms with Gasteiger partial charge in [-0.15, -0.1) is 0 Å². The normalized spacial score (nSPS) is 24.9. The summed E-state index contributed by atoms with van der Waals surface area (Å²) in [6.07, 6.45) is 10.4. The van der Waals surface area contributed by atoms with Crippen LogP contribution in [0.15, 0.2) is 12.4 Å². The average Bonchev–Trinajstić information content (AvgIpc) is 2.89. The third-order valence-corrected chi connectivity index (χ3v) is 4.47. The van der Waals surface area contributed by atoms with Gasteiger partial charge >= 0.3 is 0 Å². The topological polar surface area (TPSA) is 41.1 Å². The molecule has 2 saturated heterocycles. The van der Waals surface area contributed by atoms with Crippen molar-refractivity contribution >= 4 is 5.95 Å². The standard InChI is InChI=1S/C15H24N4/c1-12-10-17-15(18-11-12)19-8-2-3-14(19)9-13-4-6-16-7-5-13/h10-11,13-14,16H,2-9H2,1H3. The molecule has 0 saturated carbocycles. The first-order valence-electron chi connectivity index (χ1n) is 7.59. The molecule has 1 atom stereocenters. The first-order valence-corrected chi connectivity index (χ1v) is 7.59. The molecule has 3 heterocycles. The average molecular weight is 260 g/mol. The van der Waals surface area contributed by atoms with Crippen LogP contribution in [0.5, 0.6) is 0 Å². The molecule has 0 amide bonds. The maximum Gasteiger partial charge on any atom is 0.225 e. The van der Waals surface area contributed by atoms with Crippen LogP contribution in [0.4, 0.5) is 5.95 Å². The number of nitrogens with one attached hydrogen (secondary N) is 1. The number of anilines is 1. The quantitative estimate of drug-likeness (QED) is 0.904. The van der Waals surface area contributed by atoms with Gasteiger partial charge in [0.25, 0.3) is 0 Å². The molecule has 2 fully saturated rings. The highest BCUT2D eigenvalue weighted by Gasteiger charge is 2.29. The Morgan fingerprint density at radius 1 is 1.21 bits per heavy atom. The highest BCUT2D eigenvalue weighted by molar-refractivity contribution is 5.33. The molecule has 19 heavy (non-hydrogen) atoms. The highest BCUT2D eigenvalue weighted by atomic mass is 15.3. The summed E-state index contributed by atoms with van der Waals surface area (Å²) >= 11 is 0. The van der Waals surface area contributed by atoms with Crippen LogP contribution in [0.1, 0.15) is 37.7 Å². The lowest BCUT2D eigenvalue weighted by atomic mass is 9.90. The number of nitrogens with zero attached hydrogens (tertiary/aromatic N) is 3. The number of aromatic nitrogens is 2. The summed E-state index contributed by atoms with van der Waals surface area (Å²) in [7, 11) is 0. The van der Waals surface area contributed by atoms with E-state index in [2.05, 4.69) is 20.2 Å². The van der Waals surface area contributed by atoms with E-state index < -0.39 is 0 Å². The zero-order valence-corrected chi connectivity index (χ0v) is 11.8. The highest BCUT2D eigenvalue weighted by Crippen LogP contribution is 2.29. The Hall–Kier alpha value is -1.16. The maximum absolute atomic E-state index is 4.51. The van der Waals surface area contributed by atoms with Gasteiger partial charge in [0, 0.05) is 25.0 Å². The molecule has 1 aromatic heterocycles. The predicted octanol–water partition coefficient (Wildman–Crippen LogP) is 2.14. The van der Waals surface area contributed by atoms with Gasteiger partial charge in [0.05, 0.1) is 0 Å². The van der Waals surface area contributed by atoms with Gasteiger partial charge in [0.1, 0.15) is 0 Å². The minimum atomic E-state index is 0.658. The Balaban J connectivity index is 1.65. The largest absolute Gasteiger partial charge is 0.338 e. The van der Waals surface area contributed by atoms with Gasteiger partial charge in [-0.25, -0.2) is 9.97 Å². The number of hydrogen-bond acceptors (Lipinski definition) is 4. The van der Waals surface area contributed by atoms with Gasteiger partial charge in [0.15, 0.2) is 0 Å². The van der Waals surface area contributed by atoms with Crippen LogP contribution in [0, 0.1) is 12.8 Å². The first-order chi connectivity index (χ1) is 9.33. The van der Waals surface area contributed by atoms with Gasteiger partial charge in [-0.05, 0) is 63.6 Å². The van der Waals surface area contributed by atoms with E-state index in [4.69, 9.17) is 0 Å². The molecule has 4 nitrogen and oxygen atoms in total. The fourth-order valence-electron chi connectivity index (χ4n) is 3.38. The smallest absolute Gasteiger partial charge is 0.225 e. The summed E-state index contributed by atoms with van der Waals surface area (Å²) in [5.74, 6) is 1.82. The molecule has 0 spiro atoms. The Kier molecular flexibility index (Phi) is 3.97. The molecular weight excluding hydrogens is 236 g/mol. The number of aryl methyl sites for hydroxylation is 1. The Bertz CT molecular complexity index is 397. The molecule has 0 bridgehead atoms. The van der Waals surface area contributed by atoms with Crippen molar-refractivity contribution in [2.45, 2.75) is 45.1 Å². The minimum absolute atomic E-state index is 0.658. The molecule has 2 aliphatic heterocycles. The molecule has 2 aliphatic rings. The zero-order chi connectivity index (χ0) is 13.1. The van der Waals surface area contributed by atoms with Crippen LogP contribution in [-0.4, -0.2) is 35.6 Å². The third kappa shape index (κ3) is 3.06. The second kappa shape index (κ2) is 5.87. The predicted molar refractivity (Wildman–Crippen MR) is 77.3 cm³/mol. The SMILES string of the molecule is Cc1cnc(N2CCCC2CC2CCNCC2)nc1. The van der Waals surface area contributed by atoms with Crippen molar-refractivity contribution in [2.75, 3.05) is 24.5 Å². The molecule has 0 radical (unpaired) electrons. The minimum Gasteiger partial charge on any atom is -0.338 e. The van der Waals surface area contributed by atoms with E-state index in [9.17, 15) is 0 Å². The molecular formula is C15H24N4. The molecule has 1 unspecified atom stereocenters. The summed E-state index contributed by atoms with van der Waals surface area (Å²) in [5, 5.41) is 3.45. The summed E-state index contributed by atoms with van der Waals surface area (Å²) in [6.45, 7) is 5.55. The Morgan fingerprint density at radius 2 is 1.95 bits per heavy atom. The zero-order valence-electron chi connectivity index (χ0n) is 11.8. The van der Waals surface area contributed by atoms with Gasteiger partial charge in [-0.2, -0.15) is 0 Å². The molecule has 0 aromatic carbocycles. The summed E-state index contributed by atoms with van der Waals surface area (Å²) in [4.78, 5) is 11.4. The molecule has 1 N–H and O–H groups in total. The molecule has 4 heteroatoms. The van der Waals surface area contributed by atoms with Gasteiger partial charge in [0.2, 0.25) is 5.95 Å². The lowest BCUT2D eigenvalue weighted by molar-refractivity contribution is 0.330. The van der Waals surface area contributed by atoms with Crippen LogP contribution in [0.25, 0.3) is 0 Å². The van der Waals surface area contributed by atoms with Crippen LogP contribution in [0.3, 0.4) is 0 Å². The van der Waals surface area contributed by atoms with Crippen molar-refractivity contribution in [3.8, 4) is 0 Å². The number of hydrogen-bond donors (Lipinski definition) is 1. The van der Waals surface area contributed by atoms with E-state index in [0.717, 1.165) is 24.0 Å². The van der Waals surface area contributed by atoms with Crippen molar-refractivity contribution in [2.24, 2.45) is 5.92 Å². The molecule has 0 aliphatic carbocycles. The summed E-state index contributed by atoms with van der Waals surface area (Å²) in [5.41, 5.74) is 1.14. The van der Waals surface area contributed by atoms with E-state index in [1.165, 1.54) is 45.2 Å². The number of piperidine rings is 1. The van der Waals surface area contributed by atoms with E-state index >= 15 is 0 Å². The van der Waals surface area contributed by atoms with Crippen molar-refractivity contribution in [1.29, 1.82) is 0 Å².